The van der Waals surface area contributed by atoms with Crippen LogP contribution in [-0.4, -0.2) is 32.6 Å². The summed E-state index contributed by atoms with van der Waals surface area (Å²) in [6.07, 6.45) is 0. The zero-order chi connectivity index (χ0) is 14.4. The third-order valence-corrected chi connectivity index (χ3v) is 3.27. The lowest BCUT2D eigenvalue weighted by Gasteiger charge is -2.12. The summed E-state index contributed by atoms with van der Waals surface area (Å²) in [4.78, 5) is 22.6. The lowest BCUT2D eigenvalue weighted by molar-refractivity contribution is -0.119. The standard InChI is InChI=1S/C12H16BrN3O3/c1-7-4-10(19-3)9(5-8(7)13)16-12(18)15-6-11(17)14-2/h4-5H,6H2,1-3H3,(H,14,17)(H2,15,16,18). The Balaban J connectivity index is 2.73. The van der Waals surface area contributed by atoms with Crippen molar-refractivity contribution in [2.24, 2.45) is 0 Å². The normalized spacial score (nSPS) is 9.68. The third kappa shape index (κ3) is 4.44. The first-order valence-electron chi connectivity index (χ1n) is 5.57. The molecule has 0 unspecified atom stereocenters. The van der Waals surface area contributed by atoms with Gasteiger partial charge in [0.15, 0.2) is 0 Å². The highest BCUT2D eigenvalue weighted by Gasteiger charge is 2.10. The highest BCUT2D eigenvalue weighted by atomic mass is 79.9. The number of carbonyl (C=O) groups excluding carboxylic acids is 2. The molecule has 104 valence electrons. The molecule has 7 heteroatoms. The Morgan fingerprint density at radius 3 is 2.63 bits per heavy atom. The summed E-state index contributed by atoms with van der Waals surface area (Å²) >= 11 is 3.38. The van der Waals surface area contributed by atoms with Crippen LogP contribution in [0.1, 0.15) is 5.56 Å². The maximum atomic E-state index is 11.6. The zero-order valence-electron chi connectivity index (χ0n) is 11.0. The number of ether oxygens (including phenoxy) is 1. The van der Waals surface area contributed by atoms with Crippen LogP contribution in [0.2, 0.25) is 0 Å². The van der Waals surface area contributed by atoms with E-state index in [1.54, 1.807) is 12.1 Å². The molecule has 0 aliphatic carbocycles. The first-order valence-corrected chi connectivity index (χ1v) is 6.36. The summed E-state index contributed by atoms with van der Waals surface area (Å²) in [7, 11) is 3.03. The Hall–Kier alpha value is -1.76. The van der Waals surface area contributed by atoms with Gasteiger partial charge in [0.2, 0.25) is 5.91 Å². The fraction of sp³-hybridized carbons (Fsp3) is 0.333. The number of hydrogen-bond acceptors (Lipinski definition) is 3. The predicted molar refractivity (Wildman–Crippen MR) is 76.5 cm³/mol. The van der Waals surface area contributed by atoms with Crippen molar-refractivity contribution in [3.63, 3.8) is 0 Å². The highest BCUT2D eigenvalue weighted by molar-refractivity contribution is 9.10. The second-order valence-electron chi connectivity index (χ2n) is 3.78. The van der Waals surface area contributed by atoms with Gasteiger partial charge in [0.25, 0.3) is 0 Å². The molecular formula is C12H16BrN3O3. The van der Waals surface area contributed by atoms with E-state index in [1.807, 2.05) is 6.92 Å². The molecule has 0 spiro atoms. The molecule has 0 heterocycles. The summed E-state index contributed by atoms with van der Waals surface area (Å²) in [5, 5.41) is 7.47. The average molecular weight is 330 g/mol. The van der Waals surface area contributed by atoms with Crippen molar-refractivity contribution in [2.45, 2.75) is 6.92 Å². The van der Waals surface area contributed by atoms with Crippen molar-refractivity contribution in [2.75, 3.05) is 26.0 Å². The van der Waals surface area contributed by atoms with Crippen LogP contribution in [0.5, 0.6) is 5.75 Å². The minimum absolute atomic E-state index is 0.0856. The number of anilines is 1. The smallest absolute Gasteiger partial charge is 0.319 e. The number of carbonyl (C=O) groups is 2. The van der Waals surface area contributed by atoms with Crippen LogP contribution < -0.4 is 20.7 Å². The molecule has 19 heavy (non-hydrogen) atoms. The van der Waals surface area contributed by atoms with Gasteiger partial charge in [0, 0.05) is 11.5 Å². The quantitative estimate of drug-likeness (QED) is 0.785. The Labute approximate surface area is 120 Å². The molecule has 1 rings (SSSR count). The Kier molecular flexibility index (Phi) is 5.62. The van der Waals surface area contributed by atoms with Crippen LogP contribution in [0.15, 0.2) is 16.6 Å². The van der Waals surface area contributed by atoms with Gasteiger partial charge in [-0.15, -0.1) is 0 Å². The van der Waals surface area contributed by atoms with Crippen LogP contribution in [0.4, 0.5) is 10.5 Å². The van der Waals surface area contributed by atoms with Gasteiger partial charge < -0.3 is 20.7 Å². The Morgan fingerprint density at radius 1 is 1.37 bits per heavy atom. The van der Waals surface area contributed by atoms with Gasteiger partial charge in [-0.3, -0.25) is 4.79 Å². The number of aryl methyl sites for hydroxylation is 1. The van der Waals surface area contributed by atoms with Gasteiger partial charge in [-0.1, -0.05) is 15.9 Å². The number of hydrogen-bond donors (Lipinski definition) is 3. The van der Waals surface area contributed by atoms with E-state index in [9.17, 15) is 9.59 Å². The van der Waals surface area contributed by atoms with Crippen molar-refractivity contribution >= 4 is 33.6 Å². The Morgan fingerprint density at radius 2 is 2.05 bits per heavy atom. The highest BCUT2D eigenvalue weighted by Crippen LogP contribution is 2.30. The lowest BCUT2D eigenvalue weighted by atomic mass is 10.2. The van der Waals surface area contributed by atoms with E-state index in [-0.39, 0.29) is 12.5 Å². The van der Waals surface area contributed by atoms with Gasteiger partial charge in [-0.05, 0) is 24.6 Å². The van der Waals surface area contributed by atoms with Crippen molar-refractivity contribution in [1.29, 1.82) is 0 Å². The number of urea groups is 1. The predicted octanol–water partition coefficient (Wildman–Crippen LogP) is 1.63. The molecule has 0 aliphatic rings. The molecule has 0 atom stereocenters. The summed E-state index contributed by atoms with van der Waals surface area (Å²) in [5.74, 6) is 0.281. The largest absolute Gasteiger partial charge is 0.495 e. The van der Waals surface area contributed by atoms with Gasteiger partial charge in [0.1, 0.15) is 5.75 Å². The molecule has 1 aromatic rings. The van der Waals surface area contributed by atoms with E-state index in [4.69, 9.17) is 4.74 Å². The van der Waals surface area contributed by atoms with E-state index >= 15 is 0 Å². The van der Waals surface area contributed by atoms with Crippen molar-refractivity contribution in [3.8, 4) is 5.75 Å². The number of rotatable bonds is 4. The SMILES string of the molecule is CNC(=O)CNC(=O)Nc1cc(Br)c(C)cc1OC. The lowest BCUT2D eigenvalue weighted by Crippen LogP contribution is -2.37. The summed E-state index contributed by atoms with van der Waals surface area (Å²) in [5.41, 5.74) is 1.52. The van der Waals surface area contributed by atoms with Crippen LogP contribution in [0, 0.1) is 6.92 Å². The number of amides is 3. The van der Waals surface area contributed by atoms with E-state index in [0.717, 1.165) is 10.0 Å². The fourth-order valence-corrected chi connectivity index (χ4v) is 1.68. The molecule has 0 aliphatic heterocycles. The monoisotopic (exact) mass is 329 g/mol. The van der Waals surface area contributed by atoms with Crippen LogP contribution in [-0.2, 0) is 4.79 Å². The number of benzene rings is 1. The maximum absolute atomic E-state index is 11.6. The Bertz CT molecular complexity index is 491. The molecular weight excluding hydrogens is 314 g/mol. The molecule has 0 saturated heterocycles. The zero-order valence-corrected chi connectivity index (χ0v) is 12.6. The van der Waals surface area contributed by atoms with Crippen LogP contribution >= 0.6 is 15.9 Å². The summed E-state index contributed by atoms with van der Waals surface area (Å²) in [6, 6.07) is 3.07. The van der Waals surface area contributed by atoms with E-state index in [0.29, 0.717) is 11.4 Å². The average Bonchev–Trinajstić information content (AvgIpc) is 2.39. The molecule has 0 radical (unpaired) electrons. The number of methoxy groups -OCH3 is 1. The molecule has 6 nitrogen and oxygen atoms in total. The maximum Gasteiger partial charge on any atom is 0.319 e. The molecule has 3 N–H and O–H groups in total. The molecule has 0 fully saturated rings. The molecule has 1 aromatic carbocycles. The molecule has 0 bridgehead atoms. The minimum Gasteiger partial charge on any atom is -0.495 e. The molecule has 0 aromatic heterocycles. The van der Waals surface area contributed by atoms with Crippen molar-refractivity contribution in [1.82, 2.24) is 10.6 Å². The molecule has 0 saturated carbocycles. The van der Waals surface area contributed by atoms with Gasteiger partial charge in [-0.2, -0.15) is 0 Å². The van der Waals surface area contributed by atoms with E-state index in [2.05, 4.69) is 31.9 Å². The number of halogens is 1. The summed E-state index contributed by atoms with van der Waals surface area (Å²) < 4.78 is 6.04. The first kappa shape index (κ1) is 15.3. The van der Waals surface area contributed by atoms with Gasteiger partial charge >= 0.3 is 6.03 Å². The van der Waals surface area contributed by atoms with E-state index < -0.39 is 6.03 Å². The van der Waals surface area contributed by atoms with Crippen molar-refractivity contribution in [3.05, 3.63) is 22.2 Å². The number of nitrogens with one attached hydrogen (secondary N) is 3. The van der Waals surface area contributed by atoms with Gasteiger partial charge in [0.05, 0.1) is 19.3 Å². The van der Waals surface area contributed by atoms with Gasteiger partial charge in [-0.25, -0.2) is 4.79 Å². The first-order chi connectivity index (χ1) is 8.97. The van der Waals surface area contributed by atoms with Crippen LogP contribution in [0.25, 0.3) is 0 Å². The topological polar surface area (TPSA) is 79.5 Å². The van der Waals surface area contributed by atoms with Crippen molar-refractivity contribution < 1.29 is 14.3 Å². The second kappa shape index (κ2) is 6.98. The fourth-order valence-electron chi connectivity index (χ4n) is 1.34. The molecule has 3 amide bonds. The summed E-state index contributed by atoms with van der Waals surface area (Å²) in [6.45, 7) is 1.83. The third-order valence-electron chi connectivity index (χ3n) is 2.42. The number of likely N-dealkylation sites (N-methyl/N-ethyl adjacent to an activating group) is 1. The minimum atomic E-state index is -0.474. The van der Waals surface area contributed by atoms with E-state index in [1.165, 1.54) is 14.2 Å². The second-order valence-corrected chi connectivity index (χ2v) is 4.64. The van der Waals surface area contributed by atoms with Crippen LogP contribution in [0.3, 0.4) is 0 Å².